The van der Waals surface area contributed by atoms with Crippen LogP contribution in [0.25, 0.3) is 32.9 Å². The normalized spacial score (nSPS) is 23.9. The molecule has 4 aromatic rings. The monoisotopic (exact) mass is 699 g/mol. The quantitative estimate of drug-likeness (QED) is 0.169. The number of phenolic OH excluding ortho intramolecular Hbond substituents is 1. The zero-order valence-corrected chi connectivity index (χ0v) is 29.1. The van der Waals surface area contributed by atoms with Crippen molar-refractivity contribution in [3.05, 3.63) is 47.7 Å². The number of piperidine rings is 1. The largest absolute Gasteiger partial charge is 0.508 e. The van der Waals surface area contributed by atoms with Crippen LogP contribution in [-0.4, -0.2) is 96.5 Å². The minimum Gasteiger partial charge on any atom is -0.508 e. The van der Waals surface area contributed by atoms with E-state index < -0.39 is 17.4 Å². The van der Waals surface area contributed by atoms with Gasteiger partial charge in [0.05, 0.1) is 24.2 Å². The third kappa shape index (κ3) is 5.84. The average molecular weight is 700 g/mol. The maximum atomic E-state index is 17.0. The second kappa shape index (κ2) is 13.4. The number of anilines is 1. The Morgan fingerprint density at radius 2 is 1.86 bits per heavy atom. The first-order valence-corrected chi connectivity index (χ1v) is 17.9. The standard InChI is InChI=1S/C39H43F2N5O5/c1-4-27-30(40)10-9-24-18-26(47)19-28(32(24)27)34-33(41)35-29(22-42-34)36(45-13-7-16-50-17-15-45)44-37(43-35)51-23-38-11-5-8-31(38)46(14-6-12-38)25-20-39(21-25,48-2)49-3/h1,9-10,18-19,22,25,31,47H,5-8,11-17,20-21,23H2,2-3H3/t31-,38-/m1/s1. The van der Waals surface area contributed by atoms with Gasteiger partial charge in [0.1, 0.15) is 28.6 Å². The van der Waals surface area contributed by atoms with Gasteiger partial charge in [-0.3, -0.25) is 9.88 Å². The van der Waals surface area contributed by atoms with Gasteiger partial charge in [-0.1, -0.05) is 18.4 Å². The Hall–Kier alpha value is -4.15. The minimum absolute atomic E-state index is 0.0241. The molecule has 51 heavy (non-hydrogen) atoms. The summed E-state index contributed by atoms with van der Waals surface area (Å²) in [6, 6.07) is 6.38. The molecule has 2 aromatic carbocycles. The van der Waals surface area contributed by atoms with E-state index in [1.165, 1.54) is 30.5 Å². The second-order valence-corrected chi connectivity index (χ2v) is 14.4. The average Bonchev–Trinajstić information content (AvgIpc) is 3.37. The summed E-state index contributed by atoms with van der Waals surface area (Å²) < 4.78 is 55.6. The van der Waals surface area contributed by atoms with Crippen LogP contribution in [0.2, 0.25) is 0 Å². The van der Waals surface area contributed by atoms with E-state index in [2.05, 4.69) is 20.7 Å². The molecular weight excluding hydrogens is 656 g/mol. The van der Waals surface area contributed by atoms with E-state index in [1.807, 2.05) is 0 Å². The van der Waals surface area contributed by atoms with Gasteiger partial charge in [-0.15, -0.1) is 6.42 Å². The number of methoxy groups -OCH3 is 2. The molecule has 10 nitrogen and oxygen atoms in total. The van der Waals surface area contributed by atoms with Crippen molar-refractivity contribution in [2.45, 2.75) is 69.2 Å². The molecule has 2 atom stereocenters. The molecule has 0 amide bonds. The summed E-state index contributed by atoms with van der Waals surface area (Å²) in [6.07, 6.45) is 15.0. The van der Waals surface area contributed by atoms with Crippen LogP contribution in [-0.2, 0) is 14.2 Å². The first-order valence-electron chi connectivity index (χ1n) is 17.9. The summed E-state index contributed by atoms with van der Waals surface area (Å²) in [5.41, 5.74) is -0.0365. The molecule has 0 radical (unpaired) electrons. The molecule has 0 bridgehead atoms. The van der Waals surface area contributed by atoms with Gasteiger partial charge in [0.2, 0.25) is 0 Å². The van der Waals surface area contributed by atoms with Gasteiger partial charge in [-0.25, -0.2) is 8.78 Å². The third-order valence-corrected chi connectivity index (χ3v) is 11.8. The molecule has 4 fully saturated rings. The number of likely N-dealkylation sites (tertiary alicyclic amines) is 1. The molecule has 0 spiro atoms. The lowest BCUT2D eigenvalue weighted by molar-refractivity contribution is -0.277. The van der Waals surface area contributed by atoms with Crippen molar-refractivity contribution >= 4 is 27.5 Å². The Morgan fingerprint density at radius 3 is 2.67 bits per heavy atom. The molecule has 4 aliphatic rings. The molecule has 2 aliphatic heterocycles. The number of pyridine rings is 1. The lowest BCUT2D eigenvalue weighted by Crippen LogP contribution is -2.63. The zero-order chi connectivity index (χ0) is 35.3. The second-order valence-electron chi connectivity index (χ2n) is 14.4. The summed E-state index contributed by atoms with van der Waals surface area (Å²) in [5, 5.41) is 11.8. The van der Waals surface area contributed by atoms with E-state index in [1.54, 1.807) is 14.2 Å². The first-order chi connectivity index (χ1) is 24.8. The van der Waals surface area contributed by atoms with Gasteiger partial charge in [-0.05, 0) is 62.2 Å². The minimum atomic E-state index is -0.739. The van der Waals surface area contributed by atoms with E-state index in [9.17, 15) is 9.50 Å². The summed E-state index contributed by atoms with van der Waals surface area (Å²) in [6.45, 7) is 3.78. The molecule has 2 aromatic heterocycles. The van der Waals surface area contributed by atoms with Crippen LogP contribution < -0.4 is 9.64 Å². The summed E-state index contributed by atoms with van der Waals surface area (Å²) in [4.78, 5) is 18.8. The zero-order valence-electron chi connectivity index (χ0n) is 29.1. The van der Waals surface area contributed by atoms with Gasteiger partial charge in [0, 0.05) is 81.4 Å². The number of ether oxygens (including phenoxy) is 4. The Bertz CT molecular complexity index is 2000. The SMILES string of the molecule is C#Cc1c(F)ccc2cc(O)cc(-c3ncc4c(N5CCCOCC5)nc(OC[C@]56CCC[C@H]5N(C5CC(OC)(OC)C5)CCC6)nc4c3F)c12. The molecule has 8 rings (SSSR count). The maximum absolute atomic E-state index is 17.0. The summed E-state index contributed by atoms with van der Waals surface area (Å²) in [7, 11) is 3.42. The Morgan fingerprint density at radius 1 is 1.04 bits per heavy atom. The number of aromatic hydroxyl groups is 1. The molecular formula is C39H43F2N5O5. The van der Waals surface area contributed by atoms with Crippen LogP contribution in [0.15, 0.2) is 30.5 Å². The number of nitrogens with zero attached hydrogens (tertiary/aromatic N) is 5. The summed E-state index contributed by atoms with van der Waals surface area (Å²) >= 11 is 0. The molecule has 1 N–H and O–H groups in total. The van der Waals surface area contributed by atoms with Crippen molar-refractivity contribution in [3.63, 3.8) is 0 Å². The smallest absolute Gasteiger partial charge is 0.319 e. The van der Waals surface area contributed by atoms with Crippen molar-refractivity contribution in [1.29, 1.82) is 0 Å². The van der Waals surface area contributed by atoms with Crippen molar-refractivity contribution in [3.8, 4) is 35.4 Å². The number of hydrogen-bond donors (Lipinski definition) is 1. The lowest BCUT2D eigenvalue weighted by atomic mass is 9.72. The van der Waals surface area contributed by atoms with Gasteiger partial charge >= 0.3 is 6.01 Å². The number of benzene rings is 2. The molecule has 268 valence electrons. The number of phenols is 1. The predicted octanol–water partition coefficient (Wildman–Crippen LogP) is 6.20. The van der Waals surface area contributed by atoms with E-state index in [0.29, 0.717) is 61.6 Å². The van der Waals surface area contributed by atoms with Gasteiger partial charge in [0.15, 0.2) is 11.6 Å². The van der Waals surface area contributed by atoms with Crippen LogP contribution in [0.3, 0.4) is 0 Å². The van der Waals surface area contributed by atoms with Crippen LogP contribution >= 0.6 is 0 Å². The van der Waals surface area contributed by atoms with Gasteiger partial charge < -0.3 is 29.0 Å². The van der Waals surface area contributed by atoms with E-state index in [0.717, 1.165) is 57.9 Å². The molecule has 0 unspecified atom stereocenters. The van der Waals surface area contributed by atoms with Gasteiger partial charge in [0.25, 0.3) is 0 Å². The number of halogens is 2. The molecule has 12 heteroatoms. The Kier molecular flexibility index (Phi) is 8.95. The van der Waals surface area contributed by atoms with E-state index >= 15 is 4.39 Å². The highest BCUT2D eigenvalue weighted by Crippen LogP contribution is 2.52. The number of hydrogen-bond acceptors (Lipinski definition) is 10. The topological polar surface area (TPSA) is 102 Å². The number of fused-ring (bicyclic) bond motifs is 3. The highest BCUT2D eigenvalue weighted by Gasteiger charge is 2.55. The van der Waals surface area contributed by atoms with Crippen LogP contribution in [0.5, 0.6) is 11.8 Å². The Balaban J connectivity index is 1.18. The molecule has 2 saturated carbocycles. The number of rotatable bonds is 8. The van der Waals surface area contributed by atoms with Crippen LogP contribution in [0, 0.1) is 29.4 Å². The van der Waals surface area contributed by atoms with Crippen molar-refractivity contribution < 1.29 is 32.8 Å². The van der Waals surface area contributed by atoms with Crippen molar-refractivity contribution in [1.82, 2.24) is 19.9 Å². The van der Waals surface area contributed by atoms with E-state index in [-0.39, 0.29) is 44.9 Å². The first kappa shape index (κ1) is 34.0. The van der Waals surface area contributed by atoms with Crippen molar-refractivity contribution in [2.75, 3.05) is 58.6 Å². The number of aromatic nitrogens is 3. The molecule has 2 aliphatic carbocycles. The van der Waals surface area contributed by atoms with Crippen LogP contribution in [0.4, 0.5) is 14.6 Å². The van der Waals surface area contributed by atoms with Crippen LogP contribution in [0.1, 0.15) is 56.9 Å². The highest BCUT2D eigenvalue weighted by atomic mass is 19.1. The summed E-state index contributed by atoms with van der Waals surface area (Å²) in [5.74, 6) is 0.916. The fourth-order valence-corrected chi connectivity index (χ4v) is 9.12. The number of terminal acetylenes is 1. The predicted molar refractivity (Wildman–Crippen MR) is 189 cm³/mol. The third-order valence-electron chi connectivity index (χ3n) is 11.8. The van der Waals surface area contributed by atoms with Gasteiger partial charge in [-0.2, -0.15) is 9.97 Å². The fraction of sp³-hybridized carbons (Fsp3) is 0.513. The molecule has 4 heterocycles. The molecule has 2 saturated heterocycles. The maximum Gasteiger partial charge on any atom is 0.319 e. The van der Waals surface area contributed by atoms with Crippen molar-refractivity contribution in [2.24, 2.45) is 5.41 Å². The van der Waals surface area contributed by atoms with E-state index in [4.69, 9.17) is 35.3 Å². The highest BCUT2D eigenvalue weighted by molar-refractivity contribution is 6.03. The Labute approximate surface area is 296 Å². The fourth-order valence-electron chi connectivity index (χ4n) is 9.12. The lowest BCUT2D eigenvalue weighted by Gasteiger charge is -2.56.